The van der Waals surface area contributed by atoms with Gasteiger partial charge in [-0.3, -0.25) is 4.79 Å². The maximum atomic E-state index is 12.0. The van der Waals surface area contributed by atoms with Crippen LogP contribution >= 0.6 is 27.5 Å². The molecule has 0 saturated carbocycles. The van der Waals surface area contributed by atoms with Gasteiger partial charge in [0.05, 0.1) is 10.6 Å². The summed E-state index contributed by atoms with van der Waals surface area (Å²) in [5.41, 5.74) is 1.19. The lowest BCUT2D eigenvalue weighted by Crippen LogP contribution is -2.12. The van der Waals surface area contributed by atoms with E-state index in [0.29, 0.717) is 15.1 Å². The molecule has 0 aliphatic carbocycles. The van der Waals surface area contributed by atoms with Crippen LogP contribution in [0.2, 0.25) is 5.02 Å². The molecule has 0 spiro atoms. The van der Waals surface area contributed by atoms with E-state index in [0.717, 1.165) is 5.69 Å². The summed E-state index contributed by atoms with van der Waals surface area (Å²) in [6, 6.07) is 14.5. The molecule has 86 valence electrons. The van der Waals surface area contributed by atoms with Crippen LogP contribution in [0, 0.1) is 0 Å². The number of carbonyl (C=O) groups excluding carboxylic acids is 1. The fourth-order valence-electron chi connectivity index (χ4n) is 1.40. The molecule has 0 bridgehead atoms. The number of carbonyl (C=O) groups is 1. The molecule has 0 aliphatic heterocycles. The van der Waals surface area contributed by atoms with Crippen LogP contribution in [0.15, 0.2) is 53.0 Å². The van der Waals surface area contributed by atoms with Crippen LogP contribution in [0.1, 0.15) is 10.4 Å². The Balaban J connectivity index is 2.24. The molecule has 2 aromatic carbocycles. The van der Waals surface area contributed by atoms with Crippen molar-refractivity contribution < 1.29 is 4.79 Å². The van der Waals surface area contributed by atoms with Gasteiger partial charge in [0, 0.05) is 10.2 Å². The second-order valence-corrected chi connectivity index (χ2v) is 4.65. The average molecular weight is 311 g/mol. The van der Waals surface area contributed by atoms with E-state index in [4.69, 9.17) is 11.6 Å². The van der Waals surface area contributed by atoms with Crippen LogP contribution in [0.4, 0.5) is 5.69 Å². The first-order chi connectivity index (χ1) is 8.18. The molecule has 0 atom stereocenters. The van der Waals surface area contributed by atoms with Gasteiger partial charge >= 0.3 is 0 Å². The zero-order valence-electron chi connectivity index (χ0n) is 8.78. The lowest BCUT2D eigenvalue weighted by atomic mass is 10.2. The van der Waals surface area contributed by atoms with E-state index in [1.807, 2.05) is 30.3 Å². The van der Waals surface area contributed by atoms with Crippen molar-refractivity contribution in [3.05, 3.63) is 63.6 Å². The number of rotatable bonds is 2. The number of para-hydroxylation sites is 1. The fourth-order valence-corrected chi connectivity index (χ4v) is 1.98. The summed E-state index contributed by atoms with van der Waals surface area (Å²) in [6.07, 6.45) is 0. The Labute approximate surface area is 113 Å². The minimum atomic E-state index is -0.220. The number of amides is 1. The average Bonchev–Trinajstić information content (AvgIpc) is 2.34. The van der Waals surface area contributed by atoms with Crippen molar-refractivity contribution in [1.82, 2.24) is 0 Å². The van der Waals surface area contributed by atoms with Crippen LogP contribution in [0.5, 0.6) is 0 Å². The molecule has 0 aliphatic rings. The first kappa shape index (κ1) is 12.1. The van der Waals surface area contributed by atoms with Gasteiger partial charge in [-0.2, -0.15) is 0 Å². The zero-order chi connectivity index (χ0) is 12.3. The number of hydrogen-bond donors (Lipinski definition) is 1. The Kier molecular flexibility index (Phi) is 3.82. The number of hydrogen-bond acceptors (Lipinski definition) is 1. The van der Waals surface area contributed by atoms with Crippen molar-refractivity contribution in [1.29, 1.82) is 0 Å². The summed E-state index contributed by atoms with van der Waals surface area (Å²) in [5.74, 6) is -0.220. The summed E-state index contributed by atoms with van der Waals surface area (Å²) in [4.78, 5) is 12.0. The molecule has 4 heteroatoms. The number of halogens is 2. The molecular weight excluding hydrogens is 302 g/mol. The van der Waals surface area contributed by atoms with Gasteiger partial charge in [0.2, 0.25) is 0 Å². The number of anilines is 1. The third-order valence-electron chi connectivity index (χ3n) is 2.23. The quantitative estimate of drug-likeness (QED) is 0.877. The Morgan fingerprint density at radius 2 is 1.76 bits per heavy atom. The van der Waals surface area contributed by atoms with Gasteiger partial charge in [0.15, 0.2) is 0 Å². The third-order valence-corrected chi connectivity index (χ3v) is 3.52. The molecule has 2 aromatic rings. The van der Waals surface area contributed by atoms with Crippen molar-refractivity contribution in [2.75, 3.05) is 5.32 Å². The molecule has 2 nitrogen and oxygen atoms in total. The van der Waals surface area contributed by atoms with Crippen molar-refractivity contribution in [2.24, 2.45) is 0 Å². The third kappa shape index (κ3) is 2.87. The van der Waals surface area contributed by atoms with Crippen molar-refractivity contribution in [3.63, 3.8) is 0 Å². The molecule has 1 amide bonds. The van der Waals surface area contributed by atoms with Crippen molar-refractivity contribution in [3.8, 4) is 0 Å². The predicted molar refractivity (Wildman–Crippen MR) is 73.5 cm³/mol. The van der Waals surface area contributed by atoms with Crippen LogP contribution in [-0.4, -0.2) is 5.91 Å². The summed E-state index contributed by atoms with van der Waals surface area (Å²) >= 11 is 9.33. The van der Waals surface area contributed by atoms with Gasteiger partial charge in [0.1, 0.15) is 0 Å². The molecular formula is C13H9BrClNO. The van der Waals surface area contributed by atoms with Gasteiger partial charge in [0.25, 0.3) is 5.91 Å². The van der Waals surface area contributed by atoms with Gasteiger partial charge in [-0.25, -0.2) is 0 Å². The highest BCUT2D eigenvalue weighted by Gasteiger charge is 2.12. The minimum Gasteiger partial charge on any atom is -0.322 e. The Morgan fingerprint density at radius 1 is 1.06 bits per heavy atom. The molecule has 0 unspecified atom stereocenters. The largest absolute Gasteiger partial charge is 0.322 e. The Hall–Kier alpha value is -1.32. The van der Waals surface area contributed by atoms with Gasteiger partial charge in [-0.1, -0.05) is 35.9 Å². The van der Waals surface area contributed by atoms with E-state index in [1.54, 1.807) is 18.2 Å². The molecule has 0 fully saturated rings. The summed E-state index contributed by atoms with van der Waals surface area (Å²) in [6.45, 7) is 0. The normalized spacial score (nSPS) is 10.0. The molecule has 2 rings (SSSR count). The first-order valence-electron chi connectivity index (χ1n) is 4.99. The van der Waals surface area contributed by atoms with E-state index in [2.05, 4.69) is 21.2 Å². The second kappa shape index (κ2) is 5.34. The monoisotopic (exact) mass is 309 g/mol. The lowest BCUT2D eigenvalue weighted by Gasteiger charge is -2.07. The lowest BCUT2D eigenvalue weighted by molar-refractivity contribution is 0.102. The van der Waals surface area contributed by atoms with Crippen molar-refractivity contribution >= 4 is 39.1 Å². The van der Waals surface area contributed by atoms with E-state index < -0.39 is 0 Å². The van der Waals surface area contributed by atoms with Crippen LogP contribution in [0.25, 0.3) is 0 Å². The summed E-state index contributed by atoms with van der Waals surface area (Å²) in [5, 5.41) is 3.20. The zero-order valence-corrected chi connectivity index (χ0v) is 11.1. The maximum Gasteiger partial charge on any atom is 0.257 e. The summed E-state index contributed by atoms with van der Waals surface area (Å²) in [7, 11) is 0. The van der Waals surface area contributed by atoms with E-state index in [1.165, 1.54) is 0 Å². The van der Waals surface area contributed by atoms with Crippen molar-refractivity contribution in [2.45, 2.75) is 0 Å². The topological polar surface area (TPSA) is 29.1 Å². The SMILES string of the molecule is O=C(Nc1ccccc1)c1cccc(Br)c1Cl. The molecule has 0 aromatic heterocycles. The van der Waals surface area contributed by atoms with Crippen LogP contribution in [-0.2, 0) is 0 Å². The smallest absolute Gasteiger partial charge is 0.257 e. The highest BCUT2D eigenvalue weighted by Crippen LogP contribution is 2.26. The molecule has 0 heterocycles. The Bertz CT molecular complexity index is 542. The first-order valence-corrected chi connectivity index (χ1v) is 6.16. The predicted octanol–water partition coefficient (Wildman–Crippen LogP) is 4.35. The van der Waals surface area contributed by atoms with E-state index in [-0.39, 0.29) is 5.91 Å². The Morgan fingerprint density at radius 3 is 2.47 bits per heavy atom. The molecule has 0 saturated heterocycles. The number of nitrogens with one attached hydrogen (secondary N) is 1. The number of benzene rings is 2. The van der Waals surface area contributed by atoms with Gasteiger partial charge in [-0.15, -0.1) is 0 Å². The second-order valence-electron chi connectivity index (χ2n) is 3.42. The van der Waals surface area contributed by atoms with Crippen LogP contribution < -0.4 is 5.32 Å². The van der Waals surface area contributed by atoms with Crippen LogP contribution in [0.3, 0.4) is 0 Å². The van der Waals surface area contributed by atoms with E-state index in [9.17, 15) is 4.79 Å². The fraction of sp³-hybridized carbons (Fsp3) is 0. The minimum absolute atomic E-state index is 0.220. The van der Waals surface area contributed by atoms with E-state index >= 15 is 0 Å². The summed E-state index contributed by atoms with van der Waals surface area (Å²) < 4.78 is 0.708. The molecule has 1 N–H and O–H groups in total. The maximum absolute atomic E-state index is 12.0. The molecule has 17 heavy (non-hydrogen) atoms. The van der Waals surface area contributed by atoms with Gasteiger partial charge < -0.3 is 5.32 Å². The van der Waals surface area contributed by atoms with Gasteiger partial charge in [-0.05, 0) is 40.2 Å². The molecule has 0 radical (unpaired) electrons. The highest BCUT2D eigenvalue weighted by atomic mass is 79.9. The standard InChI is InChI=1S/C13H9BrClNO/c14-11-8-4-7-10(12(11)15)13(17)16-9-5-2-1-3-6-9/h1-8H,(H,16,17). The highest BCUT2D eigenvalue weighted by molar-refractivity contribution is 9.10.